The van der Waals surface area contributed by atoms with Gasteiger partial charge in [0.1, 0.15) is 19.0 Å². The number of carboxylic acids is 1. The van der Waals surface area contributed by atoms with Gasteiger partial charge in [-0.15, -0.1) is 0 Å². The number of carbonyl (C=O) groups is 2. The number of unbranched alkanes of at least 4 members (excludes halogenated alkanes) is 2. The van der Waals surface area contributed by atoms with Crippen molar-refractivity contribution in [1.82, 2.24) is 9.80 Å². The van der Waals surface area contributed by atoms with Crippen LogP contribution in [-0.4, -0.2) is 73.3 Å². The molecule has 0 bridgehead atoms. The Balaban J connectivity index is 1.68. The Kier molecular flexibility index (Phi) is 9.50. The third-order valence-corrected chi connectivity index (χ3v) is 7.59. The number of fused-ring (bicyclic) bond motifs is 1. The number of ether oxygens (including phenoxy) is 3. The number of likely N-dealkylation sites (tertiary alicyclic amines) is 1. The zero-order chi connectivity index (χ0) is 27.1. The maximum Gasteiger partial charge on any atom is 0.309 e. The monoisotopic (exact) mass is 524 g/mol. The Labute approximate surface area is 225 Å². The first kappa shape index (κ1) is 27.8. The third kappa shape index (κ3) is 6.23. The summed E-state index contributed by atoms with van der Waals surface area (Å²) in [6, 6.07) is 12.8. The van der Waals surface area contributed by atoms with Gasteiger partial charge in [-0.1, -0.05) is 44.9 Å². The lowest BCUT2D eigenvalue weighted by Gasteiger charge is -2.30. The fourth-order valence-electron chi connectivity index (χ4n) is 5.55. The zero-order valence-electron chi connectivity index (χ0n) is 22.7. The number of nitrogens with zero attached hydrogens (tertiary/aromatic N) is 2. The van der Waals surface area contributed by atoms with Crippen molar-refractivity contribution in [2.45, 2.75) is 51.5 Å². The van der Waals surface area contributed by atoms with E-state index in [4.69, 9.17) is 14.2 Å². The van der Waals surface area contributed by atoms with Gasteiger partial charge < -0.3 is 24.2 Å². The lowest BCUT2D eigenvalue weighted by Crippen LogP contribution is -2.42. The Morgan fingerprint density at radius 3 is 2.21 bits per heavy atom. The highest BCUT2D eigenvalue weighted by molar-refractivity contribution is 5.79. The fraction of sp³-hybridized carbons (Fsp3) is 0.533. The number of aliphatic carboxylic acids is 1. The summed E-state index contributed by atoms with van der Waals surface area (Å²) in [5.41, 5.74) is 1.74. The average molecular weight is 525 g/mol. The molecule has 0 saturated carbocycles. The molecule has 2 aliphatic rings. The van der Waals surface area contributed by atoms with Crippen molar-refractivity contribution in [1.29, 1.82) is 0 Å². The lowest BCUT2D eigenvalue weighted by molar-refractivity contribution is -0.144. The number of hydrogen-bond acceptors (Lipinski definition) is 6. The second kappa shape index (κ2) is 13.0. The molecule has 2 aromatic carbocycles. The molecule has 2 heterocycles. The average Bonchev–Trinajstić information content (AvgIpc) is 3.32. The van der Waals surface area contributed by atoms with Crippen molar-refractivity contribution in [2.24, 2.45) is 5.92 Å². The summed E-state index contributed by atoms with van der Waals surface area (Å²) in [6.45, 7) is 7.29. The maximum atomic E-state index is 13.6. The van der Waals surface area contributed by atoms with E-state index in [1.165, 1.54) is 0 Å². The van der Waals surface area contributed by atoms with E-state index in [2.05, 4.69) is 18.7 Å². The summed E-state index contributed by atoms with van der Waals surface area (Å²) in [7, 11) is 1.61. The molecular weight excluding hydrogens is 484 g/mol. The van der Waals surface area contributed by atoms with Crippen LogP contribution in [0.1, 0.15) is 62.6 Å². The molecule has 0 spiro atoms. The summed E-state index contributed by atoms with van der Waals surface area (Å²) >= 11 is 0. The highest BCUT2D eigenvalue weighted by atomic mass is 16.6. The summed E-state index contributed by atoms with van der Waals surface area (Å²) in [6.07, 6.45) is 3.94. The molecule has 0 aliphatic carbocycles. The van der Waals surface area contributed by atoms with Crippen LogP contribution >= 0.6 is 0 Å². The molecule has 206 valence electrons. The van der Waals surface area contributed by atoms with Gasteiger partial charge in [0.2, 0.25) is 5.91 Å². The number of benzene rings is 2. The molecule has 1 fully saturated rings. The lowest BCUT2D eigenvalue weighted by atomic mass is 9.82. The number of hydrogen-bond donors (Lipinski definition) is 1. The SMILES string of the molecule is CCCCN(CCCC)C(=O)CN1C[C@@H](c2ccc3c(c2)OCCO3)[C@H](C(=O)O)[C@H]1c1ccc(OC)cc1. The van der Waals surface area contributed by atoms with Crippen LogP contribution in [0.3, 0.4) is 0 Å². The summed E-state index contributed by atoms with van der Waals surface area (Å²) in [5.74, 6) is 0.132. The van der Waals surface area contributed by atoms with Gasteiger partial charge >= 0.3 is 5.97 Å². The van der Waals surface area contributed by atoms with Crippen molar-refractivity contribution < 1.29 is 28.9 Å². The zero-order valence-corrected chi connectivity index (χ0v) is 22.7. The fourth-order valence-corrected chi connectivity index (χ4v) is 5.55. The summed E-state index contributed by atoms with van der Waals surface area (Å²) in [4.78, 5) is 30.4. The van der Waals surface area contributed by atoms with Crippen LogP contribution in [0.2, 0.25) is 0 Å². The molecule has 8 heteroatoms. The number of rotatable bonds is 12. The van der Waals surface area contributed by atoms with E-state index < -0.39 is 17.9 Å². The van der Waals surface area contributed by atoms with Crippen molar-refractivity contribution in [3.63, 3.8) is 0 Å². The smallest absolute Gasteiger partial charge is 0.309 e. The van der Waals surface area contributed by atoms with Crippen LogP contribution in [0.5, 0.6) is 17.2 Å². The first-order chi connectivity index (χ1) is 18.5. The third-order valence-electron chi connectivity index (χ3n) is 7.59. The van der Waals surface area contributed by atoms with Gasteiger partial charge in [0.15, 0.2) is 11.5 Å². The molecular formula is C30H40N2O6. The quantitative estimate of drug-likeness (QED) is 0.429. The Morgan fingerprint density at radius 2 is 1.61 bits per heavy atom. The Morgan fingerprint density at radius 1 is 0.974 bits per heavy atom. The van der Waals surface area contributed by atoms with Crippen molar-refractivity contribution in [2.75, 3.05) is 46.5 Å². The molecule has 1 amide bonds. The van der Waals surface area contributed by atoms with Gasteiger partial charge in [-0.3, -0.25) is 14.5 Å². The molecule has 1 saturated heterocycles. The standard InChI is InChI=1S/C30H40N2O6/c1-4-6-14-31(15-7-5-2)27(33)20-32-19-24(22-10-13-25-26(18-22)38-17-16-37-25)28(30(34)35)29(32)21-8-11-23(36-3)12-9-21/h8-13,18,24,28-29H,4-7,14-17,19-20H2,1-3H3,(H,34,35)/t24-,28-,29+/m0/s1. The molecule has 38 heavy (non-hydrogen) atoms. The Bertz CT molecular complexity index is 1080. The van der Waals surface area contributed by atoms with Crippen LogP contribution in [0.25, 0.3) is 0 Å². The highest BCUT2D eigenvalue weighted by Gasteiger charge is 2.48. The van der Waals surface area contributed by atoms with Gasteiger partial charge in [-0.2, -0.15) is 0 Å². The van der Waals surface area contributed by atoms with Crippen LogP contribution < -0.4 is 14.2 Å². The summed E-state index contributed by atoms with van der Waals surface area (Å²) in [5, 5.41) is 10.5. The van der Waals surface area contributed by atoms with E-state index in [0.29, 0.717) is 37.0 Å². The molecule has 2 aromatic rings. The predicted octanol–water partition coefficient (Wildman–Crippen LogP) is 4.74. The minimum absolute atomic E-state index is 0.0531. The van der Waals surface area contributed by atoms with Crippen molar-refractivity contribution >= 4 is 11.9 Å². The second-order valence-electron chi connectivity index (χ2n) is 10.1. The number of carbonyl (C=O) groups excluding carboxylic acids is 1. The van der Waals surface area contributed by atoms with Crippen molar-refractivity contribution in [3.05, 3.63) is 53.6 Å². The maximum absolute atomic E-state index is 13.6. The molecule has 0 unspecified atom stereocenters. The molecule has 0 aromatic heterocycles. The second-order valence-corrected chi connectivity index (χ2v) is 10.1. The van der Waals surface area contributed by atoms with Gasteiger partial charge in [0.05, 0.1) is 19.6 Å². The molecule has 4 rings (SSSR count). The first-order valence-electron chi connectivity index (χ1n) is 13.7. The van der Waals surface area contributed by atoms with Crippen LogP contribution in [0.4, 0.5) is 0 Å². The van der Waals surface area contributed by atoms with E-state index in [1.807, 2.05) is 47.4 Å². The largest absolute Gasteiger partial charge is 0.497 e. The van der Waals surface area contributed by atoms with Gasteiger partial charge in [-0.25, -0.2) is 0 Å². The van der Waals surface area contributed by atoms with Crippen LogP contribution in [0, 0.1) is 5.92 Å². The molecule has 1 N–H and O–H groups in total. The highest BCUT2D eigenvalue weighted by Crippen LogP contribution is 2.47. The van der Waals surface area contributed by atoms with E-state index in [0.717, 1.165) is 49.9 Å². The van der Waals surface area contributed by atoms with Gasteiger partial charge in [-0.05, 0) is 48.2 Å². The van der Waals surface area contributed by atoms with Gasteiger partial charge in [0.25, 0.3) is 0 Å². The predicted molar refractivity (Wildman–Crippen MR) is 145 cm³/mol. The number of carboxylic acid groups (broad SMARTS) is 1. The minimum atomic E-state index is -0.880. The molecule has 2 aliphatic heterocycles. The summed E-state index contributed by atoms with van der Waals surface area (Å²) < 4.78 is 16.8. The molecule has 0 radical (unpaired) electrons. The van der Waals surface area contributed by atoms with E-state index in [-0.39, 0.29) is 18.4 Å². The molecule has 8 nitrogen and oxygen atoms in total. The minimum Gasteiger partial charge on any atom is -0.497 e. The van der Waals surface area contributed by atoms with Crippen molar-refractivity contribution in [3.8, 4) is 17.2 Å². The van der Waals surface area contributed by atoms with Gasteiger partial charge in [0, 0.05) is 31.6 Å². The number of amides is 1. The normalized spacial score (nSPS) is 20.8. The van der Waals surface area contributed by atoms with Crippen LogP contribution in [0.15, 0.2) is 42.5 Å². The topological polar surface area (TPSA) is 88.5 Å². The van der Waals surface area contributed by atoms with E-state index in [1.54, 1.807) is 7.11 Å². The molecule has 3 atom stereocenters. The first-order valence-corrected chi connectivity index (χ1v) is 13.7. The van der Waals surface area contributed by atoms with Crippen LogP contribution in [-0.2, 0) is 9.59 Å². The Hall–Kier alpha value is -3.26. The number of methoxy groups -OCH3 is 1. The van der Waals surface area contributed by atoms with E-state index >= 15 is 0 Å². The van der Waals surface area contributed by atoms with E-state index in [9.17, 15) is 14.7 Å².